The summed E-state index contributed by atoms with van der Waals surface area (Å²) < 4.78 is 12.9. The smallest absolute Gasteiger partial charge is 0.153 e. The molecule has 1 aliphatic heterocycles. The third-order valence-corrected chi connectivity index (χ3v) is 2.47. The average molecular weight is 145 g/mol. The first kappa shape index (κ1) is 7.99. The van der Waals surface area contributed by atoms with E-state index in [1.165, 1.54) is 6.42 Å². The van der Waals surface area contributed by atoms with Gasteiger partial charge >= 0.3 is 0 Å². The van der Waals surface area contributed by atoms with Crippen LogP contribution < -0.4 is 0 Å². The van der Waals surface area contributed by atoms with Gasteiger partial charge in [0.2, 0.25) is 0 Å². The van der Waals surface area contributed by atoms with Gasteiger partial charge in [0, 0.05) is 6.54 Å². The Bertz CT molecular complexity index is 105. The van der Waals surface area contributed by atoms with Crippen LogP contribution in [0.4, 0.5) is 4.39 Å². The van der Waals surface area contributed by atoms with Gasteiger partial charge in [0.25, 0.3) is 0 Å². The van der Waals surface area contributed by atoms with Gasteiger partial charge in [-0.3, -0.25) is 4.90 Å². The molecule has 2 heteroatoms. The Morgan fingerprint density at radius 2 is 2.30 bits per heavy atom. The van der Waals surface area contributed by atoms with Crippen LogP contribution in [0.3, 0.4) is 0 Å². The van der Waals surface area contributed by atoms with Crippen molar-refractivity contribution in [2.75, 3.05) is 13.6 Å². The SMILES string of the molecule is CCC1CCN(C)C(F)C1. The van der Waals surface area contributed by atoms with Crippen molar-refractivity contribution in [3.63, 3.8) is 0 Å². The summed E-state index contributed by atoms with van der Waals surface area (Å²) in [5.41, 5.74) is 0. The normalized spacial score (nSPS) is 36.3. The highest BCUT2D eigenvalue weighted by atomic mass is 19.1. The van der Waals surface area contributed by atoms with Crippen LogP contribution >= 0.6 is 0 Å². The van der Waals surface area contributed by atoms with Crippen LogP contribution in [0.25, 0.3) is 0 Å². The topological polar surface area (TPSA) is 3.24 Å². The van der Waals surface area contributed by atoms with Crippen molar-refractivity contribution in [1.29, 1.82) is 0 Å². The van der Waals surface area contributed by atoms with Crippen LogP contribution in [0.5, 0.6) is 0 Å². The molecule has 2 unspecified atom stereocenters. The fourth-order valence-electron chi connectivity index (χ4n) is 1.47. The predicted octanol–water partition coefficient (Wildman–Crippen LogP) is 2.03. The molecule has 0 radical (unpaired) electrons. The van der Waals surface area contributed by atoms with Crippen molar-refractivity contribution in [1.82, 2.24) is 4.90 Å². The van der Waals surface area contributed by atoms with Gasteiger partial charge in [0.05, 0.1) is 0 Å². The molecule has 1 aliphatic rings. The molecule has 0 amide bonds. The van der Waals surface area contributed by atoms with E-state index in [4.69, 9.17) is 0 Å². The molecule has 1 heterocycles. The van der Waals surface area contributed by atoms with E-state index >= 15 is 0 Å². The second-order valence-corrected chi connectivity index (χ2v) is 3.21. The fourth-order valence-corrected chi connectivity index (χ4v) is 1.47. The van der Waals surface area contributed by atoms with Crippen LogP contribution in [0.1, 0.15) is 26.2 Å². The molecule has 0 aromatic rings. The van der Waals surface area contributed by atoms with E-state index in [1.54, 1.807) is 4.90 Å². The Kier molecular flexibility index (Phi) is 2.66. The molecule has 10 heavy (non-hydrogen) atoms. The van der Waals surface area contributed by atoms with Crippen molar-refractivity contribution in [3.8, 4) is 0 Å². The molecule has 0 saturated carbocycles. The fraction of sp³-hybridized carbons (Fsp3) is 1.00. The van der Waals surface area contributed by atoms with Crippen LogP contribution in [-0.2, 0) is 0 Å². The average Bonchev–Trinajstić information content (AvgIpc) is 1.95. The second kappa shape index (κ2) is 3.33. The van der Waals surface area contributed by atoms with Gasteiger partial charge in [-0.05, 0) is 25.8 Å². The second-order valence-electron chi connectivity index (χ2n) is 3.21. The standard InChI is InChI=1S/C8H16FN/c1-3-7-4-5-10(2)8(9)6-7/h7-8H,3-6H2,1-2H3. The third kappa shape index (κ3) is 1.69. The number of alkyl halides is 1. The first-order valence-corrected chi connectivity index (χ1v) is 4.08. The van der Waals surface area contributed by atoms with E-state index in [-0.39, 0.29) is 0 Å². The van der Waals surface area contributed by atoms with E-state index in [2.05, 4.69) is 6.92 Å². The van der Waals surface area contributed by atoms with Gasteiger partial charge in [-0.15, -0.1) is 0 Å². The summed E-state index contributed by atoms with van der Waals surface area (Å²) in [5.74, 6) is 0.631. The monoisotopic (exact) mass is 145 g/mol. The van der Waals surface area contributed by atoms with E-state index in [9.17, 15) is 4.39 Å². The summed E-state index contributed by atoms with van der Waals surface area (Å²) in [5, 5.41) is 0. The molecular formula is C8H16FN. The number of halogens is 1. The number of rotatable bonds is 1. The molecule has 1 nitrogen and oxygen atoms in total. The lowest BCUT2D eigenvalue weighted by Crippen LogP contribution is -2.36. The Morgan fingerprint density at radius 1 is 1.60 bits per heavy atom. The molecular weight excluding hydrogens is 129 g/mol. The van der Waals surface area contributed by atoms with E-state index in [0.29, 0.717) is 5.92 Å². The van der Waals surface area contributed by atoms with Crippen LogP contribution in [-0.4, -0.2) is 24.8 Å². The Hall–Kier alpha value is -0.110. The number of hydrogen-bond donors (Lipinski definition) is 0. The quantitative estimate of drug-likeness (QED) is 0.510. The van der Waals surface area contributed by atoms with Crippen molar-refractivity contribution < 1.29 is 4.39 Å². The maximum atomic E-state index is 12.9. The third-order valence-electron chi connectivity index (χ3n) is 2.47. The number of nitrogens with zero attached hydrogens (tertiary/aromatic N) is 1. The molecule has 1 fully saturated rings. The molecule has 0 aromatic carbocycles. The minimum absolute atomic E-state index is 0.631. The Morgan fingerprint density at radius 3 is 2.80 bits per heavy atom. The number of hydrogen-bond acceptors (Lipinski definition) is 1. The minimum Gasteiger partial charge on any atom is -0.277 e. The van der Waals surface area contributed by atoms with E-state index < -0.39 is 6.30 Å². The first-order chi connectivity index (χ1) is 4.74. The van der Waals surface area contributed by atoms with Gasteiger partial charge in [-0.1, -0.05) is 13.3 Å². The highest BCUT2D eigenvalue weighted by molar-refractivity contribution is 4.71. The van der Waals surface area contributed by atoms with Crippen LogP contribution in [0, 0.1) is 5.92 Å². The summed E-state index contributed by atoms with van der Waals surface area (Å²) in [7, 11) is 1.86. The minimum atomic E-state index is -0.682. The first-order valence-electron chi connectivity index (χ1n) is 4.08. The van der Waals surface area contributed by atoms with Crippen LogP contribution in [0.2, 0.25) is 0 Å². The molecule has 1 saturated heterocycles. The van der Waals surface area contributed by atoms with Crippen LogP contribution in [0.15, 0.2) is 0 Å². The van der Waals surface area contributed by atoms with Crippen molar-refractivity contribution in [3.05, 3.63) is 0 Å². The molecule has 0 N–H and O–H groups in total. The lowest BCUT2D eigenvalue weighted by molar-refractivity contribution is 0.0420. The molecule has 0 aromatic heterocycles. The lowest BCUT2D eigenvalue weighted by atomic mass is 9.94. The zero-order valence-corrected chi connectivity index (χ0v) is 6.81. The predicted molar refractivity (Wildman–Crippen MR) is 40.5 cm³/mol. The summed E-state index contributed by atoms with van der Waals surface area (Å²) >= 11 is 0. The number of piperidine rings is 1. The highest BCUT2D eigenvalue weighted by Gasteiger charge is 2.23. The molecule has 2 atom stereocenters. The van der Waals surface area contributed by atoms with E-state index in [1.807, 2.05) is 7.05 Å². The maximum Gasteiger partial charge on any atom is 0.153 e. The van der Waals surface area contributed by atoms with Gasteiger partial charge in [-0.2, -0.15) is 0 Å². The Balaban J connectivity index is 2.33. The maximum absolute atomic E-state index is 12.9. The zero-order chi connectivity index (χ0) is 7.56. The number of likely N-dealkylation sites (tertiary alicyclic amines) is 1. The molecule has 1 rings (SSSR count). The van der Waals surface area contributed by atoms with Crippen molar-refractivity contribution in [2.24, 2.45) is 5.92 Å². The van der Waals surface area contributed by atoms with Crippen molar-refractivity contribution >= 4 is 0 Å². The molecule has 0 spiro atoms. The Labute approximate surface area is 62.2 Å². The molecule has 60 valence electrons. The summed E-state index contributed by atoms with van der Waals surface area (Å²) in [6, 6.07) is 0. The van der Waals surface area contributed by atoms with Gasteiger partial charge < -0.3 is 0 Å². The summed E-state index contributed by atoms with van der Waals surface area (Å²) in [4.78, 5) is 1.80. The van der Waals surface area contributed by atoms with Gasteiger partial charge in [-0.25, -0.2) is 4.39 Å². The van der Waals surface area contributed by atoms with Gasteiger partial charge in [0.1, 0.15) is 0 Å². The van der Waals surface area contributed by atoms with Gasteiger partial charge in [0.15, 0.2) is 6.30 Å². The lowest BCUT2D eigenvalue weighted by Gasteiger charge is -2.31. The summed E-state index contributed by atoms with van der Waals surface area (Å²) in [6.07, 6.45) is 2.37. The van der Waals surface area contributed by atoms with E-state index in [0.717, 1.165) is 19.4 Å². The summed E-state index contributed by atoms with van der Waals surface area (Å²) in [6.45, 7) is 3.07. The van der Waals surface area contributed by atoms with Crippen molar-refractivity contribution in [2.45, 2.75) is 32.5 Å². The largest absolute Gasteiger partial charge is 0.277 e. The zero-order valence-electron chi connectivity index (χ0n) is 6.81. The molecule has 0 bridgehead atoms. The molecule has 0 aliphatic carbocycles. The highest BCUT2D eigenvalue weighted by Crippen LogP contribution is 2.24.